The Labute approximate surface area is 112 Å². The molecular weight excluding hydrogens is 299 g/mol. The van der Waals surface area contributed by atoms with Crippen LogP contribution in [-0.4, -0.2) is 9.97 Å². The van der Waals surface area contributed by atoms with E-state index in [-0.39, 0.29) is 11.4 Å². The molecule has 0 aliphatic carbocycles. The van der Waals surface area contributed by atoms with Crippen LogP contribution in [0.3, 0.4) is 0 Å². The van der Waals surface area contributed by atoms with E-state index in [1.807, 2.05) is 6.92 Å². The first kappa shape index (κ1) is 13.0. The van der Waals surface area contributed by atoms with Gasteiger partial charge in [-0.05, 0) is 31.5 Å². The molecule has 94 valence electrons. The molecule has 1 N–H and O–H groups in total. The first-order valence-electron chi connectivity index (χ1n) is 5.58. The molecular formula is C13H12BrFN2O. The predicted octanol–water partition coefficient (Wildman–Crippen LogP) is 3.21. The summed E-state index contributed by atoms with van der Waals surface area (Å²) in [6, 6.07) is 4.29. The van der Waals surface area contributed by atoms with Crippen LogP contribution in [0.1, 0.15) is 18.2 Å². The van der Waals surface area contributed by atoms with Crippen molar-refractivity contribution in [3.63, 3.8) is 0 Å². The number of nitrogens with zero attached hydrogens (tertiary/aromatic N) is 1. The van der Waals surface area contributed by atoms with Crippen molar-refractivity contribution in [1.82, 2.24) is 9.97 Å². The van der Waals surface area contributed by atoms with Gasteiger partial charge in [0, 0.05) is 15.6 Å². The van der Waals surface area contributed by atoms with Gasteiger partial charge in [0.15, 0.2) is 0 Å². The number of aryl methyl sites for hydroxylation is 1. The molecule has 3 nitrogen and oxygen atoms in total. The molecule has 0 radical (unpaired) electrons. The van der Waals surface area contributed by atoms with Gasteiger partial charge in [0.2, 0.25) is 0 Å². The van der Waals surface area contributed by atoms with Gasteiger partial charge in [0.1, 0.15) is 11.6 Å². The van der Waals surface area contributed by atoms with E-state index in [2.05, 4.69) is 25.9 Å². The minimum atomic E-state index is -0.366. The average molecular weight is 311 g/mol. The molecule has 0 fully saturated rings. The number of H-pyrrole nitrogens is 1. The second-order valence-electron chi connectivity index (χ2n) is 3.96. The lowest BCUT2D eigenvalue weighted by Crippen LogP contribution is -2.15. The Morgan fingerprint density at radius 1 is 1.44 bits per heavy atom. The van der Waals surface area contributed by atoms with Crippen molar-refractivity contribution in [3.05, 3.63) is 50.1 Å². The van der Waals surface area contributed by atoms with Crippen molar-refractivity contribution < 1.29 is 4.39 Å². The molecule has 2 aromatic rings. The molecule has 0 aliphatic rings. The highest BCUT2D eigenvalue weighted by molar-refractivity contribution is 9.10. The van der Waals surface area contributed by atoms with E-state index >= 15 is 0 Å². The van der Waals surface area contributed by atoms with Crippen molar-refractivity contribution in [3.8, 4) is 11.4 Å². The molecule has 0 aliphatic heterocycles. The Bertz CT molecular complexity index is 652. The van der Waals surface area contributed by atoms with Gasteiger partial charge in [0.25, 0.3) is 5.56 Å². The molecule has 1 aromatic heterocycles. The molecule has 18 heavy (non-hydrogen) atoms. The highest BCUT2D eigenvalue weighted by atomic mass is 79.9. The number of hydrogen-bond acceptors (Lipinski definition) is 2. The number of benzene rings is 1. The summed E-state index contributed by atoms with van der Waals surface area (Å²) in [5.41, 5.74) is 1.69. The summed E-state index contributed by atoms with van der Waals surface area (Å²) in [5, 5.41) is 0. The maximum atomic E-state index is 13.3. The van der Waals surface area contributed by atoms with Crippen LogP contribution < -0.4 is 5.56 Å². The van der Waals surface area contributed by atoms with Gasteiger partial charge in [-0.25, -0.2) is 9.37 Å². The quantitative estimate of drug-likeness (QED) is 0.925. The minimum Gasteiger partial charge on any atom is -0.306 e. The average Bonchev–Trinajstić information content (AvgIpc) is 2.35. The first-order valence-corrected chi connectivity index (χ1v) is 6.37. The van der Waals surface area contributed by atoms with E-state index in [9.17, 15) is 9.18 Å². The number of halogens is 2. The number of hydrogen-bond donors (Lipinski definition) is 1. The zero-order valence-electron chi connectivity index (χ0n) is 10.1. The fraction of sp³-hybridized carbons (Fsp3) is 0.231. The second kappa shape index (κ2) is 5.02. The Balaban J connectivity index is 2.68. The van der Waals surface area contributed by atoms with Gasteiger partial charge in [0.05, 0.1) is 5.69 Å². The summed E-state index contributed by atoms with van der Waals surface area (Å²) in [6.07, 6.45) is 0.662. The molecule has 1 heterocycles. The molecule has 0 saturated heterocycles. The van der Waals surface area contributed by atoms with Crippen LogP contribution in [0.15, 0.2) is 27.5 Å². The Hall–Kier alpha value is -1.49. The summed E-state index contributed by atoms with van der Waals surface area (Å²) >= 11 is 3.33. The van der Waals surface area contributed by atoms with Crippen molar-refractivity contribution in [1.29, 1.82) is 0 Å². The van der Waals surface area contributed by atoms with E-state index in [1.165, 1.54) is 12.1 Å². The standard InChI is InChI=1S/C13H12BrFN2O/c1-3-11-7(2)13(18)17-12(16-11)9-6-8(15)4-5-10(9)14/h4-6H,3H2,1-2H3,(H,16,17,18). The van der Waals surface area contributed by atoms with Gasteiger partial charge in [-0.15, -0.1) is 0 Å². The van der Waals surface area contributed by atoms with E-state index < -0.39 is 0 Å². The summed E-state index contributed by atoms with van der Waals surface area (Å²) in [6.45, 7) is 3.66. The van der Waals surface area contributed by atoms with E-state index in [0.29, 0.717) is 27.8 Å². The zero-order chi connectivity index (χ0) is 13.3. The number of nitrogens with one attached hydrogen (secondary N) is 1. The maximum absolute atomic E-state index is 13.3. The van der Waals surface area contributed by atoms with Crippen molar-refractivity contribution in [2.75, 3.05) is 0 Å². The van der Waals surface area contributed by atoms with Crippen LogP contribution in [0.2, 0.25) is 0 Å². The van der Waals surface area contributed by atoms with E-state index in [4.69, 9.17) is 0 Å². The summed E-state index contributed by atoms with van der Waals surface area (Å²) in [5.74, 6) is 0.0169. The molecule has 0 amide bonds. The highest BCUT2D eigenvalue weighted by Crippen LogP contribution is 2.26. The van der Waals surface area contributed by atoms with Crippen LogP contribution in [0.25, 0.3) is 11.4 Å². The third kappa shape index (κ3) is 2.36. The van der Waals surface area contributed by atoms with Crippen LogP contribution >= 0.6 is 15.9 Å². The lowest BCUT2D eigenvalue weighted by atomic mass is 10.1. The molecule has 2 rings (SSSR count). The molecule has 0 saturated carbocycles. The monoisotopic (exact) mass is 310 g/mol. The molecule has 0 unspecified atom stereocenters. The zero-order valence-corrected chi connectivity index (χ0v) is 11.6. The third-order valence-electron chi connectivity index (χ3n) is 2.77. The number of aromatic nitrogens is 2. The second-order valence-corrected chi connectivity index (χ2v) is 4.82. The minimum absolute atomic E-state index is 0.187. The first-order chi connectivity index (χ1) is 8.52. The van der Waals surface area contributed by atoms with Crippen LogP contribution in [0, 0.1) is 12.7 Å². The van der Waals surface area contributed by atoms with Gasteiger partial charge in [-0.3, -0.25) is 4.79 Å². The summed E-state index contributed by atoms with van der Waals surface area (Å²) < 4.78 is 13.9. The van der Waals surface area contributed by atoms with Crippen LogP contribution in [0.5, 0.6) is 0 Å². The van der Waals surface area contributed by atoms with Gasteiger partial charge < -0.3 is 4.98 Å². The van der Waals surface area contributed by atoms with Crippen LogP contribution in [-0.2, 0) is 6.42 Å². The van der Waals surface area contributed by atoms with Crippen molar-refractivity contribution >= 4 is 15.9 Å². The van der Waals surface area contributed by atoms with E-state index in [0.717, 1.165) is 5.69 Å². The number of rotatable bonds is 2. The lowest BCUT2D eigenvalue weighted by molar-refractivity contribution is 0.628. The Morgan fingerprint density at radius 3 is 2.83 bits per heavy atom. The fourth-order valence-corrected chi connectivity index (χ4v) is 2.16. The topological polar surface area (TPSA) is 45.8 Å². The summed E-state index contributed by atoms with van der Waals surface area (Å²) in [4.78, 5) is 18.8. The molecule has 0 atom stereocenters. The van der Waals surface area contributed by atoms with Crippen LogP contribution in [0.4, 0.5) is 4.39 Å². The van der Waals surface area contributed by atoms with Crippen molar-refractivity contribution in [2.24, 2.45) is 0 Å². The molecule has 0 spiro atoms. The SMILES string of the molecule is CCc1nc(-c2cc(F)ccc2Br)[nH]c(=O)c1C. The molecule has 5 heteroatoms. The normalized spacial score (nSPS) is 10.7. The van der Waals surface area contributed by atoms with Gasteiger partial charge in [-0.1, -0.05) is 22.9 Å². The van der Waals surface area contributed by atoms with Crippen molar-refractivity contribution in [2.45, 2.75) is 20.3 Å². The summed E-state index contributed by atoms with van der Waals surface area (Å²) in [7, 11) is 0. The maximum Gasteiger partial charge on any atom is 0.254 e. The Morgan fingerprint density at radius 2 is 2.17 bits per heavy atom. The highest BCUT2D eigenvalue weighted by Gasteiger charge is 2.11. The van der Waals surface area contributed by atoms with Gasteiger partial charge >= 0.3 is 0 Å². The Kier molecular flexibility index (Phi) is 3.61. The molecule has 0 bridgehead atoms. The smallest absolute Gasteiger partial charge is 0.254 e. The molecule has 1 aromatic carbocycles. The lowest BCUT2D eigenvalue weighted by Gasteiger charge is -2.07. The predicted molar refractivity (Wildman–Crippen MR) is 72.1 cm³/mol. The number of aromatic amines is 1. The largest absolute Gasteiger partial charge is 0.306 e. The fourth-order valence-electron chi connectivity index (χ4n) is 1.73. The van der Waals surface area contributed by atoms with E-state index in [1.54, 1.807) is 13.0 Å². The van der Waals surface area contributed by atoms with Gasteiger partial charge in [-0.2, -0.15) is 0 Å². The third-order valence-corrected chi connectivity index (χ3v) is 3.46.